The Morgan fingerprint density at radius 3 is 2.62 bits per heavy atom. The Kier molecular flexibility index (Phi) is 3.12. The van der Waals surface area contributed by atoms with Crippen LogP contribution in [0.5, 0.6) is 0 Å². The van der Waals surface area contributed by atoms with E-state index >= 15 is 0 Å². The summed E-state index contributed by atoms with van der Waals surface area (Å²) in [7, 11) is 0. The summed E-state index contributed by atoms with van der Waals surface area (Å²) in [6, 6.07) is 2.56. The Bertz CT molecular complexity index is 343. The lowest BCUT2D eigenvalue weighted by atomic mass is 10.3. The molecule has 1 aromatic heterocycles. The monoisotopic (exact) mass is 298 g/mol. The van der Waals surface area contributed by atoms with Gasteiger partial charge in [0.2, 0.25) is 0 Å². The maximum atomic E-state index is 12.2. The lowest BCUT2D eigenvalue weighted by molar-refractivity contribution is 0.0993. The van der Waals surface area contributed by atoms with Crippen molar-refractivity contribution < 1.29 is 13.6 Å². The highest BCUT2D eigenvalue weighted by molar-refractivity contribution is 14.1. The average molecular weight is 298 g/mol. The number of pyridine rings is 1. The van der Waals surface area contributed by atoms with Gasteiger partial charge in [-0.05, 0) is 34.7 Å². The first-order chi connectivity index (χ1) is 6.00. The van der Waals surface area contributed by atoms with Crippen molar-refractivity contribution in [2.75, 3.05) is 0 Å². The van der Waals surface area contributed by atoms with Crippen molar-refractivity contribution >= 4 is 28.5 Å². The fourth-order valence-corrected chi connectivity index (χ4v) is 1.37. The highest BCUT2D eigenvalue weighted by Crippen LogP contribution is 2.19. The Morgan fingerprint density at radius 1 is 1.54 bits per heavy atom. The van der Waals surface area contributed by atoms with Crippen LogP contribution in [-0.2, 0) is 0 Å². The van der Waals surface area contributed by atoms with Crippen LogP contribution in [-0.4, -0.2) is 10.9 Å². The fourth-order valence-electron chi connectivity index (χ4n) is 0.755. The number of nitrogens with two attached hydrogens (primary N) is 1. The van der Waals surface area contributed by atoms with Gasteiger partial charge in [-0.15, -0.1) is 0 Å². The normalized spacial score (nSPS) is 10.5. The van der Waals surface area contributed by atoms with Gasteiger partial charge in [0.05, 0.1) is 0 Å². The van der Waals surface area contributed by atoms with Crippen molar-refractivity contribution in [2.45, 2.75) is 6.43 Å². The molecule has 0 saturated heterocycles. The van der Waals surface area contributed by atoms with Crippen molar-refractivity contribution in [3.8, 4) is 0 Å². The summed E-state index contributed by atoms with van der Waals surface area (Å²) in [5, 5.41) is 0. The van der Waals surface area contributed by atoms with Gasteiger partial charge in [0.25, 0.3) is 12.3 Å². The minimum atomic E-state index is -2.69. The van der Waals surface area contributed by atoms with Crippen LogP contribution in [0, 0.1) is 3.57 Å². The van der Waals surface area contributed by atoms with E-state index in [9.17, 15) is 13.6 Å². The van der Waals surface area contributed by atoms with Gasteiger partial charge in [-0.2, -0.15) is 0 Å². The third-order valence-corrected chi connectivity index (χ3v) is 1.91. The second kappa shape index (κ2) is 3.95. The summed E-state index contributed by atoms with van der Waals surface area (Å²) >= 11 is 1.82. The summed E-state index contributed by atoms with van der Waals surface area (Å²) in [4.78, 5) is 14.0. The lowest BCUT2D eigenvalue weighted by Crippen LogP contribution is -2.14. The molecule has 0 fully saturated rings. The Balaban J connectivity index is 3.19. The third kappa shape index (κ3) is 2.58. The number of carbonyl (C=O) groups is 1. The van der Waals surface area contributed by atoms with Crippen LogP contribution < -0.4 is 5.73 Å². The molecule has 1 aromatic rings. The van der Waals surface area contributed by atoms with E-state index in [0.717, 1.165) is 0 Å². The van der Waals surface area contributed by atoms with Gasteiger partial charge in [-0.25, -0.2) is 13.8 Å². The number of nitrogens with zero attached hydrogens (tertiary/aromatic N) is 1. The summed E-state index contributed by atoms with van der Waals surface area (Å²) < 4.78 is 24.9. The van der Waals surface area contributed by atoms with Gasteiger partial charge in [-0.3, -0.25) is 4.79 Å². The Morgan fingerprint density at radius 2 is 2.15 bits per heavy atom. The fraction of sp³-hybridized carbons (Fsp3) is 0.143. The van der Waals surface area contributed by atoms with E-state index in [2.05, 4.69) is 4.98 Å². The number of halogens is 3. The molecule has 0 radical (unpaired) electrons. The van der Waals surface area contributed by atoms with E-state index in [4.69, 9.17) is 5.73 Å². The summed E-state index contributed by atoms with van der Waals surface area (Å²) in [6.07, 6.45) is -2.69. The number of rotatable bonds is 2. The van der Waals surface area contributed by atoms with Gasteiger partial charge in [0.1, 0.15) is 11.4 Å². The van der Waals surface area contributed by atoms with Crippen LogP contribution >= 0.6 is 22.6 Å². The van der Waals surface area contributed by atoms with Crippen molar-refractivity contribution in [3.05, 3.63) is 27.1 Å². The van der Waals surface area contributed by atoms with E-state index in [1.54, 1.807) is 0 Å². The van der Waals surface area contributed by atoms with Gasteiger partial charge in [0, 0.05) is 3.57 Å². The first-order valence-electron chi connectivity index (χ1n) is 3.26. The van der Waals surface area contributed by atoms with Crippen molar-refractivity contribution in [1.82, 2.24) is 4.98 Å². The Labute approximate surface area is 86.5 Å². The predicted octanol–water partition coefficient (Wildman–Crippen LogP) is 1.72. The average Bonchev–Trinajstić information content (AvgIpc) is 2.03. The molecule has 1 amide bonds. The molecule has 6 heteroatoms. The van der Waals surface area contributed by atoms with Gasteiger partial charge < -0.3 is 5.73 Å². The number of aromatic nitrogens is 1. The van der Waals surface area contributed by atoms with Gasteiger partial charge in [-0.1, -0.05) is 0 Å². The van der Waals surface area contributed by atoms with E-state index < -0.39 is 18.0 Å². The third-order valence-electron chi connectivity index (χ3n) is 1.29. The van der Waals surface area contributed by atoms with E-state index in [1.807, 2.05) is 22.6 Å². The summed E-state index contributed by atoms with van der Waals surface area (Å²) in [5.74, 6) is -0.805. The molecule has 0 atom stereocenters. The lowest BCUT2D eigenvalue weighted by Gasteiger charge is -2.01. The molecule has 13 heavy (non-hydrogen) atoms. The second-order valence-electron chi connectivity index (χ2n) is 2.26. The zero-order valence-corrected chi connectivity index (χ0v) is 8.46. The minimum Gasteiger partial charge on any atom is -0.364 e. The van der Waals surface area contributed by atoms with E-state index in [1.165, 1.54) is 12.1 Å². The van der Waals surface area contributed by atoms with Crippen LogP contribution in [0.3, 0.4) is 0 Å². The largest absolute Gasteiger partial charge is 0.364 e. The first kappa shape index (κ1) is 10.3. The standard InChI is InChI=1S/C7H5F2IN2O/c8-6(9)4-1-3(10)2-5(12-4)7(11)13/h1-2,6H,(H2,11,13). The molecular formula is C7H5F2IN2O. The number of hydrogen-bond donors (Lipinski definition) is 1. The zero-order chi connectivity index (χ0) is 10.0. The highest BCUT2D eigenvalue weighted by Gasteiger charge is 2.12. The van der Waals surface area contributed by atoms with Crippen LogP contribution in [0.2, 0.25) is 0 Å². The molecule has 0 aromatic carbocycles. The molecule has 0 bridgehead atoms. The van der Waals surface area contributed by atoms with Crippen LogP contribution in [0.1, 0.15) is 22.6 Å². The van der Waals surface area contributed by atoms with Crippen molar-refractivity contribution in [2.24, 2.45) is 5.73 Å². The zero-order valence-electron chi connectivity index (χ0n) is 6.30. The molecule has 0 saturated carbocycles. The maximum Gasteiger partial charge on any atom is 0.280 e. The van der Waals surface area contributed by atoms with Crippen LogP contribution in [0.4, 0.5) is 8.78 Å². The molecule has 1 rings (SSSR count). The molecule has 1 heterocycles. The SMILES string of the molecule is NC(=O)c1cc(I)cc(C(F)F)n1. The Hall–Kier alpha value is -0.790. The molecule has 0 aliphatic rings. The molecule has 3 nitrogen and oxygen atoms in total. The predicted molar refractivity (Wildman–Crippen MR) is 50.4 cm³/mol. The molecule has 70 valence electrons. The number of alkyl halides is 2. The molecule has 0 aliphatic carbocycles. The number of amides is 1. The van der Waals surface area contributed by atoms with Crippen LogP contribution in [0.25, 0.3) is 0 Å². The minimum absolute atomic E-state index is 0.137. The molecule has 0 spiro atoms. The summed E-state index contributed by atoms with van der Waals surface area (Å²) in [6.45, 7) is 0. The second-order valence-corrected chi connectivity index (χ2v) is 3.51. The number of carbonyl (C=O) groups excluding carboxylic acids is 1. The maximum absolute atomic E-state index is 12.2. The molecule has 0 unspecified atom stereocenters. The molecule has 2 N–H and O–H groups in total. The molecule has 0 aliphatic heterocycles. The van der Waals surface area contributed by atoms with Gasteiger partial charge >= 0.3 is 0 Å². The van der Waals surface area contributed by atoms with Crippen molar-refractivity contribution in [3.63, 3.8) is 0 Å². The van der Waals surface area contributed by atoms with Crippen molar-refractivity contribution in [1.29, 1.82) is 0 Å². The van der Waals surface area contributed by atoms with Crippen LogP contribution in [0.15, 0.2) is 12.1 Å². The quantitative estimate of drug-likeness (QED) is 0.845. The highest BCUT2D eigenvalue weighted by atomic mass is 127. The number of primary amides is 1. The molecular weight excluding hydrogens is 293 g/mol. The van der Waals surface area contributed by atoms with Gasteiger partial charge in [0.15, 0.2) is 0 Å². The summed E-state index contributed by atoms with van der Waals surface area (Å²) in [5.41, 5.74) is 4.34. The number of hydrogen-bond acceptors (Lipinski definition) is 2. The topological polar surface area (TPSA) is 56.0 Å². The first-order valence-corrected chi connectivity index (χ1v) is 4.34. The smallest absolute Gasteiger partial charge is 0.280 e. The van der Waals surface area contributed by atoms with E-state index in [0.29, 0.717) is 3.57 Å². The van der Waals surface area contributed by atoms with E-state index in [-0.39, 0.29) is 5.69 Å².